The molecule has 2 aromatic rings. The van der Waals surface area contributed by atoms with Crippen LogP contribution >= 0.6 is 0 Å². The average Bonchev–Trinajstić information content (AvgIpc) is 2.28. The first-order valence-electron chi connectivity index (χ1n) is 5.02. The van der Waals surface area contributed by atoms with Gasteiger partial charge in [-0.05, 0) is 30.2 Å². The van der Waals surface area contributed by atoms with Crippen LogP contribution in [0.2, 0.25) is 0 Å². The summed E-state index contributed by atoms with van der Waals surface area (Å²) >= 11 is 0. The Bertz CT molecular complexity index is 453. The maximum atomic E-state index is 13.0. The molecule has 0 aliphatic carbocycles. The zero-order chi connectivity index (χ0) is 11.5. The van der Waals surface area contributed by atoms with Gasteiger partial charge in [0.1, 0.15) is 11.9 Å². The minimum atomic E-state index is -0.830. The number of hydrogen-bond acceptors (Lipinski definition) is 2. The largest absolute Gasteiger partial charge is 0.384 e. The highest BCUT2D eigenvalue weighted by molar-refractivity contribution is 5.30. The fraction of sp³-hybridized carbons (Fsp3) is 0.154. The monoisotopic (exact) mass is 217 g/mol. The first kappa shape index (κ1) is 10.8. The number of benzene rings is 1. The molecule has 3 heteroatoms. The molecule has 2 rings (SSSR count). The number of pyridine rings is 1. The Labute approximate surface area is 93.4 Å². The van der Waals surface area contributed by atoms with Gasteiger partial charge in [-0.1, -0.05) is 18.2 Å². The van der Waals surface area contributed by atoms with Crippen molar-refractivity contribution in [3.63, 3.8) is 0 Å². The van der Waals surface area contributed by atoms with Crippen molar-refractivity contribution in [1.29, 1.82) is 0 Å². The van der Waals surface area contributed by atoms with Gasteiger partial charge in [-0.15, -0.1) is 0 Å². The van der Waals surface area contributed by atoms with E-state index in [1.54, 1.807) is 24.5 Å². The average molecular weight is 217 g/mol. The van der Waals surface area contributed by atoms with Crippen LogP contribution in [0.4, 0.5) is 4.39 Å². The highest BCUT2D eigenvalue weighted by atomic mass is 19.1. The summed E-state index contributed by atoms with van der Waals surface area (Å²) in [6.45, 7) is 1.90. The molecule has 16 heavy (non-hydrogen) atoms. The van der Waals surface area contributed by atoms with Crippen LogP contribution in [-0.2, 0) is 0 Å². The number of nitrogens with zero attached hydrogens (tertiary/aromatic N) is 1. The normalized spacial score (nSPS) is 12.4. The van der Waals surface area contributed by atoms with Gasteiger partial charge in [-0.3, -0.25) is 4.98 Å². The minimum Gasteiger partial charge on any atom is -0.384 e. The molecule has 82 valence electrons. The number of aromatic nitrogens is 1. The van der Waals surface area contributed by atoms with E-state index in [-0.39, 0.29) is 5.82 Å². The molecule has 1 N–H and O–H groups in total. The Balaban J connectivity index is 2.35. The van der Waals surface area contributed by atoms with Gasteiger partial charge < -0.3 is 5.11 Å². The van der Waals surface area contributed by atoms with Gasteiger partial charge in [0.15, 0.2) is 0 Å². The van der Waals surface area contributed by atoms with Gasteiger partial charge in [0.05, 0.1) is 0 Å². The molecule has 1 aromatic heterocycles. The molecular formula is C13H12FNO. The second kappa shape index (κ2) is 4.41. The third-order valence-electron chi connectivity index (χ3n) is 2.38. The molecule has 1 atom stereocenters. The van der Waals surface area contributed by atoms with Crippen molar-refractivity contribution < 1.29 is 9.50 Å². The lowest BCUT2D eigenvalue weighted by Gasteiger charge is -2.11. The molecule has 0 saturated carbocycles. The summed E-state index contributed by atoms with van der Waals surface area (Å²) < 4.78 is 13.0. The summed E-state index contributed by atoms with van der Waals surface area (Å²) in [5.74, 6) is -0.350. The maximum Gasteiger partial charge on any atom is 0.123 e. The number of hydrogen-bond donors (Lipinski definition) is 1. The smallest absolute Gasteiger partial charge is 0.123 e. The van der Waals surface area contributed by atoms with Crippen molar-refractivity contribution in [2.75, 3.05) is 0 Å². The first-order chi connectivity index (χ1) is 7.66. The Morgan fingerprint density at radius 1 is 1.19 bits per heavy atom. The van der Waals surface area contributed by atoms with Crippen molar-refractivity contribution in [3.05, 3.63) is 65.2 Å². The number of aliphatic hydroxyl groups is 1. The molecule has 0 saturated heterocycles. The fourth-order valence-corrected chi connectivity index (χ4v) is 1.60. The molecule has 0 bridgehead atoms. The molecule has 2 nitrogen and oxygen atoms in total. The van der Waals surface area contributed by atoms with Crippen LogP contribution in [0.3, 0.4) is 0 Å². The summed E-state index contributed by atoms with van der Waals surface area (Å²) in [6.07, 6.45) is 2.47. The second-order valence-corrected chi connectivity index (χ2v) is 3.75. The molecule has 0 amide bonds. The van der Waals surface area contributed by atoms with Crippen LogP contribution in [0.25, 0.3) is 0 Å². The lowest BCUT2D eigenvalue weighted by Crippen LogP contribution is -2.01. The molecule has 1 heterocycles. The van der Waals surface area contributed by atoms with E-state index in [9.17, 15) is 9.50 Å². The van der Waals surface area contributed by atoms with Crippen LogP contribution < -0.4 is 0 Å². The van der Waals surface area contributed by atoms with E-state index in [0.717, 1.165) is 5.56 Å². The Hall–Kier alpha value is -1.74. The third-order valence-corrected chi connectivity index (χ3v) is 2.38. The van der Waals surface area contributed by atoms with Crippen LogP contribution in [-0.4, -0.2) is 10.1 Å². The highest BCUT2D eigenvalue weighted by Crippen LogP contribution is 2.22. The van der Waals surface area contributed by atoms with Gasteiger partial charge in [0, 0.05) is 18.0 Å². The standard InChI is InChI=1S/C13H12FNO/c1-9-5-11(8-15-7-9)13(16)10-3-2-4-12(14)6-10/h2-8,13,16H,1H3. The lowest BCUT2D eigenvalue weighted by molar-refractivity contribution is 0.219. The van der Waals surface area contributed by atoms with Crippen molar-refractivity contribution in [2.45, 2.75) is 13.0 Å². The Kier molecular flexibility index (Phi) is 2.97. The van der Waals surface area contributed by atoms with Gasteiger partial charge in [0.2, 0.25) is 0 Å². The van der Waals surface area contributed by atoms with Crippen LogP contribution in [0, 0.1) is 12.7 Å². The number of aliphatic hydroxyl groups excluding tert-OH is 1. The zero-order valence-corrected chi connectivity index (χ0v) is 8.89. The van der Waals surface area contributed by atoms with Crippen LogP contribution in [0.1, 0.15) is 22.8 Å². The van der Waals surface area contributed by atoms with Crippen molar-refractivity contribution in [3.8, 4) is 0 Å². The number of halogens is 1. The molecular weight excluding hydrogens is 205 g/mol. The molecule has 0 spiro atoms. The predicted octanol–water partition coefficient (Wildman–Crippen LogP) is 2.61. The van der Waals surface area contributed by atoms with E-state index in [4.69, 9.17) is 0 Å². The van der Waals surface area contributed by atoms with E-state index in [1.165, 1.54) is 12.1 Å². The third kappa shape index (κ3) is 2.25. The Morgan fingerprint density at radius 3 is 2.69 bits per heavy atom. The van der Waals surface area contributed by atoms with E-state index in [0.29, 0.717) is 11.1 Å². The molecule has 1 aromatic carbocycles. The van der Waals surface area contributed by atoms with Crippen molar-refractivity contribution >= 4 is 0 Å². The van der Waals surface area contributed by atoms with Gasteiger partial charge in [-0.2, -0.15) is 0 Å². The quantitative estimate of drug-likeness (QED) is 0.838. The van der Waals surface area contributed by atoms with Crippen molar-refractivity contribution in [1.82, 2.24) is 4.98 Å². The summed E-state index contributed by atoms with van der Waals surface area (Å²) in [5.41, 5.74) is 2.17. The van der Waals surface area contributed by atoms with Gasteiger partial charge in [0.25, 0.3) is 0 Å². The van der Waals surface area contributed by atoms with E-state index in [1.807, 2.05) is 13.0 Å². The predicted molar refractivity (Wildman–Crippen MR) is 59.4 cm³/mol. The summed E-state index contributed by atoms with van der Waals surface area (Å²) in [6, 6.07) is 7.79. The molecule has 0 fully saturated rings. The van der Waals surface area contributed by atoms with Gasteiger partial charge in [-0.25, -0.2) is 4.39 Å². The summed E-state index contributed by atoms with van der Waals surface area (Å²) in [5, 5.41) is 10.0. The van der Waals surface area contributed by atoms with E-state index in [2.05, 4.69) is 4.98 Å². The molecule has 0 aliphatic heterocycles. The summed E-state index contributed by atoms with van der Waals surface area (Å²) in [7, 11) is 0. The fourth-order valence-electron chi connectivity index (χ4n) is 1.60. The first-order valence-corrected chi connectivity index (χ1v) is 5.02. The highest BCUT2D eigenvalue weighted by Gasteiger charge is 2.11. The number of rotatable bonds is 2. The molecule has 0 radical (unpaired) electrons. The summed E-state index contributed by atoms with van der Waals surface area (Å²) in [4.78, 5) is 4.00. The molecule has 1 unspecified atom stereocenters. The maximum absolute atomic E-state index is 13.0. The van der Waals surface area contributed by atoms with E-state index >= 15 is 0 Å². The van der Waals surface area contributed by atoms with Crippen molar-refractivity contribution in [2.24, 2.45) is 0 Å². The van der Waals surface area contributed by atoms with Crippen LogP contribution in [0.5, 0.6) is 0 Å². The minimum absolute atomic E-state index is 0.350. The lowest BCUT2D eigenvalue weighted by atomic mass is 10.0. The second-order valence-electron chi connectivity index (χ2n) is 3.75. The topological polar surface area (TPSA) is 33.1 Å². The SMILES string of the molecule is Cc1cncc(C(O)c2cccc(F)c2)c1. The molecule has 0 aliphatic rings. The van der Waals surface area contributed by atoms with Crippen LogP contribution in [0.15, 0.2) is 42.7 Å². The Morgan fingerprint density at radius 2 is 2.00 bits per heavy atom. The number of aryl methyl sites for hydroxylation is 1. The van der Waals surface area contributed by atoms with E-state index < -0.39 is 6.10 Å². The zero-order valence-electron chi connectivity index (χ0n) is 8.89. The van der Waals surface area contributed by atoms with Gasteiger partial charge >= 0.3 is 0 Å².